The van der Waals surface area contributed by atoms with E-state index in [0.29, 0.717) is 24.5 Å². The van der Waals surface area contributed by atoms with Crippen molar-refractivity contribution < 1.29 is 19.0 Å². The maximum Gasteiger partial charge on any atom is 0.255 e. The van der Waals surface area contributed by atoms with Crippen molar-refractivity contribution in [3.05, 3.63) is 89.8 Å². The number of allylic oxidation sites excluding steroid dienone is 1. The zero-order chi connectivity index (χ0) is 28.9. The van der Waals surface area contributed by atoms with Gasteiger partial charge in [-0.3, -0.25) is 4.79 Å². The molecular weight excluding hydrogens is 514 g/mol. The van der Waals surface area contributed by atoms with Crippen molar-refractivity contribution in [3.8, 4) is 17.2 Å². The number of rotatable bonds is 16. The SMILES string of the molecule is C/C=C/c1ccc(OCCCCn2c(CCCCCNC(=O)c3ccccc3OC)nc3ccccc32)c(OC)c1. The number of methoxy groups -OCH3 is 2. The maximum atomic E-state index is 12.5. The second-order valence-electron chi connectivity index (χ2n) is 9.90. The average Bonchev–Trinajstić information content (AvgIpc) is 3.36. The minimum Gasteiger partial charge on any atom is -0.496 e. The minimum atomic E-state index is -0.0997. The zero-order valence-corrected chi connectivity index (χ0v) is 24.4. The number of amides is 1. The van der Waals surface area contributed by atoms with Crippen LogP contribution in [0.2, 0.25) is 0 Å². The first-order valence-electron chi connectivity index (χ1n) is 14.4. The van der Waals surface area contributed by atoms with Crippen molar-refractivity contribution in [1.29, 1.82) is 0 Å². The van der Waals surface area contributed by atoms with Gasteiger partial charge in [0.1, 0.15) is 11.6 Å². The van der Waals surface area contributed by atoms with Gasteiger partial charge in [-0.2, -0.15) is 0 Å². The molecule has 0 fully saturated rings. The van der Waals surface area contributed by atoms with E-state index in [-0.39, 0.29) is 5.91 Å². The molecule has 216 valence electrons. The molecule has 3 aromatic carbocycles. The quantitative estimate of drug-likeness (QED) is 0.149. The van der Waals surface area contributed by atoms with E-state index >= 15 is 0 Å². The number of ether oxygens (including phenoxy) is 3. The number of aromatic nitrogens is 2. The van der Waals surface area contributed by atoms with Gasteiger partial charge in [-0.05, 0) is 74.6 Å². The van der Waals surface area contributed by atoms with E-state index < -0.39 is 0 Å². The van der Waals surface area contributed by atoms with Crippen molar-refractivity contribution in [1.82, 2.24) is 14.9 Å². The van der Waals surface area contributed by atoms with E-state index in [1.165, 1.54) is 5.52 Å². The van der Waals surface area contributed by atoms with Crippen LogP contribution in [-0.4, -0.2) is 42.8 Å². The van der Waals surface area contributed by atoms with Crippen molar-refractivity contribution in [2.24, 2.45) is 0 Å². The zero-order valence-electron chi connectivity index (χ0n) is 24.4. The molecule has 4 rings (SSSR count). The second kappa shape index (κ2) is 15.5. The Balaban J connectivity index is 1.24. The Morgan fingerprint density at radius 1 is 0.878 bits per heavy atom. The van der Waals surface area contributed by atoms with Crippen LogP contribution in [0.5, 0.6) is 17.2 Å². The third-order valence-electron chi connectivity index (χ3n) is 7.03. The first-order chi connectivity index (χ1) is 20.1. The van der Waals surface area contributed by atoms with Crippen LogP contribution in [0.3, 0.4) is 0 Å². The van der Waals surface area contributed by atoms with Gasteiger partial charge in [0.05, 0.1) is 37.4 Å². The molecule has 41 heavy (non-hydrogen) atoms. The highest BCUT2D eigenvalue weighted by molar-refractivity contribution is 5.96. The fourth-order valence-corrected chi connectivity index (χ4v) is 4.93. The summed E-state index contributed by atoms with van der Waals surface area (Å²) in [5, 5.41) is 3.01. The molecule has 0 bridgehead atoms. The van der Waals surface area contributed by atoms with Crippen LogP contribution >= 0.6 is 0 Å². The molecule has 7 nitrogen and oxygen atoms in total. The molecule has 1 heterocycles. The van der Waals surface area contributed by atoms with E-state index in [2.05, 4.69) is 28.1 Å². The van der Waals surface area contributed by atoms with E-state index in [4.69, 9.17) is 19.2 Å². The number of para-hydroxylation sites is 3. The van der Waals surface area contributed by atoms with Crippen molar-refractivity contribution >= 4 is 23.0 Å². The lowest BCUT2D eigenvalue weighted by molar-refractivity contribution is 0.0950. The molecule has 0 unspecified atom stereocenters. The van der Waals surface area contributed by atoms with Crippen molar-refractivity contribution in [2.45, 2.75) is 52.0 Å². The number of carbonyl (C=O) groups excluding carboxylic acids is 1. The van der Waals surface area contributed by atoms with Gasteiger partial charge in [0.25, 0.3) is 5.91 Å². The normalized spacial score (nSPS) is 11.2. The smallest absolute Gasteiger partial charge is 0.255 e. The standard InChI is InChI=1S/C34H41N3O4/c1-4-14-26-20-21-31(32(25-26)40-3)41-24-13-12-23-37-29-17-9-8-16-28(29)36-33(37)19-6-5-11-22-35-34(38)27-15-7-10-18-30(27)39-2/h4,7-10,14-18,20-21,25H,5-6,11-13,19,22-24H2,1-3H3,(H,35,38)/b14-4+. The molecule has 1 N–H and O–H groups in total. The number of fused-ring (bicyclic) bond motifs is 1. The molecule has 1 amide bonds. The Hall–Kier alpha value is -4.26. The summed E-state index contributed by atoms with van der Waals surface area (Å²) in [6.07, 6.45) is 9.81. The third-order valence-corrected chi connectivity index (χ3v) is 7.03. The van der Waals surface area contributed by atoms with Crippen molar-refractivity contribution in [3.63, 3.8) is 0 Å². The topological polar surface area (TPSA) is 74.6 Å². The Morgan fingerprint density at radius 2 is 1.68 bits per heavy atom. The highest BCUT2D eigenvalue weighted by Crippen LogP contribution is 2.29. The Kier molecular flexibility index (Phi) is 11.2. The first-order valence-corrected chi connectivity index (χ1v) is 14.4. The molecule has 0 saturated carbocycles. The molecule has 4 aromatic rings. The van der Waals surface area contributed by atoms with Crippen LogP contribution in [0.1, 0.15) is 60.8 Å². The lowest BCUT2D eigenvalue weighted by atomic mass is 10.1. The van der Waals surface area contributed by atoms with Gasteiger partial charge in [0.15, 0.2) is 11.5 Å². The van der Waals surface area contributed by atoms with E-state index in [9.17, 15) is 4.79 Å². The highest BCUT2D eigenvalue weighted by Gasteiger charge is 2.12. The number of imidazole rings is 1. The van der Waals surface area contributed by atoms with E-state index in [0.717, 1.165) is 73.5 Å². The predicted octanol–water partition coefficient (Wildman–Crippen LogP) is 7.09. The Bertz CT molecular complexity index is 1440. The van der Waals surface area contributed by atoms with Gasteiger partial charge < -0.3 is 24.1 Å². The Morgan fingerprint density at radius 3 is 2.51 bits per heavy atom. The largest absolute Gasteiger partial charge is 0.496 e. The van der Waals surface area contributed by atoms with Gasteiger partial charge in [0.2, 0.25) is 0 Å². The van der Waals surface area contributed by atoms with E-state index in [1.54, 1.807) is 26.4 Å². The molecule has 0 spiro atoms. The lowest BCUT2D eigenvalue weighted by Gasteiger charge is -2.12. The fourth-order valence-electron chi connectivity index (χ4n) is 4.93. The molecule has 7 heteroatoms. The summed E-state index contributed by atoms with van der Waals surface area (Å²) in [6.45, 7) is 4.16. The van der Waals surface area contributed by atoms with Gasteiger partial charge >= 0.3 is 0 Å². The van der Waals surface area contributed by atoms with Gasteiger partial charge in [-0.25, -0.2) is 4.98 Å². The monoisotopic (exact) mass is 555 g/mol. The average molecular weight is 556 g/mol. The van der Waals surface area contributed by atoms with Crippen LogP contribution in [0.25, 0.3) is 17.1 Å². The number of hydrogen-bond acceptors (Lipinski definition) is 5. The van der Waals surface area contributed by atoms with E-state index in [1.807, 2.05) is 55.5 Å². The maximum absolute atomic E-state index is 12.5. The van der Waals surface area contributed by atoms with Crippen molar-refractivity contribution in [2.75, 3.05) is 27.4 Å². The number of nitrogens with one attached hydrogen (secondary N) is 1. The summed E-state index contributed by atoms with van der Waals surface area (Å²) in [6, 6.07) is 21.6. The molecule has 0 aliphatic carbocycles. The molecule has 0 atom stereocenters. The summed E-state index contributed by atoms with van der Waals surface area (Å²) >= 11 is 0. The number of hydrogen-bond donors (Lipinski definition) is 1. The fraction of sp³-hybridized carbons (Fsp3) is 0.353. The summed E-state index contributed by atoms with van der Waals surface area (Å²) in [5.74, 6) is 3.13. The van der Waals surface area contributed by atoms with Crippen LogP contribution in [0.15, 0.2) is 72.8 Å². The summed E-state index contributed by atoms with van der Waals surface area (Å²) in [4.78, 5) is 17.4. The third kappa shape index (κ3) is 8.13. The van der Waals surface area contributed by atoms with Crippen LogP contribution in [-0.2, 0) is 13.0 Å². The molecule has 0 saturated heterocycles. The highest BCUT2D eigenvalue weighted by atomic mass is 16.5. The molecule has 0 aliphatic rings. The van der Waals surface area contributed by atoms with Crippen LogP contribution < -0.4 is 19.5 Å². The van der Waals surface area contributed by atoms with Gasteiger partial charge in [-0.1, -0.05) is 48.9 Å². The number of benzene rings is 3. The Labute approximate surface area is 243 Å². The summed E-state index contributed by atoms with van der Waals surface area (Å²) < 4.78 is 19.2. The van der Waals surface area contributed by atoms with Gasteiger partial charge in [0, 0.05) is 19.5 Å². The number of aryl methyl sites for hydroxylation is 2. The van der Waals surface area contributed by atoms with Gasteiger partial charge in [-0.15, -0.1) is 0 Å². The predicted molar refractivity (Wildman–Crippen MR) is 165 cm³/mol. The molecule has 0 aliphatic heterocycles. The van der Waals surface area contributed by atoms with Crippen LogP contribution in [0, 0.1) is 0 Å². The number of nitrogens with zero attached hydrogens (tertiary/aromatic N) is 2. The lowest BCUT2D eigenvalue weighted by Crippen LogP contribution is -2.24. The number of carbonyl (C=O) groups is 1. The number of unbranched alkanes of at least 4 members (excludes halogenated alkanes) is 3. The molecule has 1 aromatic heterocycles. The second-order valence-corrected chi connectivity index (χ2v) is 9.90. The summed E-state index contributed by atoms with van der Waals surface area (Å²) in [7, 11) is 3.25. The first kappa shape index (κ1) is 29.7. The molecular formula is C34H41N3O4. The molecule has 0 radical (unpaired) electrons. The minimum absolute atomic E-state index is 0.0997. The summed E-state index contributed by atoms with van der Waals surface area (Å²) in [5.41, 5.74) is 3.87. The van der Waals surface area contributed by atoms with Crippen LogP contribution in [0.4, 0.5) is 0 Å².